The highest BCUT2D eigenvalue weighted by molar-refractivity contribution is 7.62. The first kappa shape index (κ1) is 8.03. The maximum atomic E-state index is 11.2. The lowest BCUT2D eigenvalue weighted by Gasteiger charge is -2.12. The molecule has 1 aliphatic rings. The Bertz CT molecular complexity index is 170. The van der Waals surface area contributed by atoms with Gasteiger partial charge >= 0.3 is 0 Å². The third-order valence-corrected chi connectivity index (χ3v) is 4.20. The summed E-state index contributed by atoms with van der Waals surface area (Å²) in [7, 11) is -2.96. The normalized spacial score (nSPS) is 26.1. The van der Waals surface area contributed by atoms with Crippen molar-refractivity contribution >= 4 is 7.37 Å². The standard InChI is InChI=1S/C7H13O2P/c1-2-10(8,9)7-5-3-4-6-7/h2,7H,1,3-6H2,(H,8,9). The van der Waals surface area contributed by atoms with Crippen molar-refractivity contribution in [2.75, 3.05) is 0 Å². The first-order valence-electron chi connectivity index (χ1n) is 3.62. The average Bonchev–Trinajstić information content (AvgIpc) is 2.38. The lowest BCUT2D eigenvalue weighted by molar-refractivity contribution is 0.473. The Morgan fingerprint density at radius 1 is 1.50 bits per heavy atom. The van der Waals surface area contributed by atoms with Gasteiger partial charge in [-0.3, -0.25) is 4.57 Å². The summed E-state index contributed by atoms with van der Waals surface area (Å²) in [5.74, 6) is 1.23. The van der Waals surface area contributed by atoms with Crippen LogP contribution >= 0.6 is 7.37 Å². The summed E-state index contributed by atoms with van der Waals surface area (Å²) < 4.78 is 11.2. The molecule has 0 radical (unpaired) electrons. The maximum Gasteiger partial charge on any atom is 0.225 e. The van der Waals surface area contributed by atoms with Crippen LogP contribution in [0.1, 0.15) is 25.7 Å². The smallest absolute Gasteiger partial charge is 0.225 e. The second-order valence-electron chi connectivity index (χ2n) is 2.79. The van der Waals surface area contributed by atoms with E-state index in [0.29, 0.717) is 0 Å². The monoisotopic (exact) mass is 160 g/mol. The minimum atomic E-state index is -2.96. The molecule has 58 valence electrons. The van der Waals surface area contributed by atoms with E-state index < -0.39 is 7.37 Å². The van der Waals surface area contributed by atoms with E-state index in [9.17, 15) is 9.46 Å². The summed E-state index contributed by atoms with van der Waals surface area (Å²) in [5, 5.41) is 0. The van der Waals surface area contributed by atoms with Gasteiger partial charge in [0.25, 0.3) is 0 Å². The molecule has 1 unspecified atom stereocenters. The second-order valence-corrected chi connectivity index (χ2v) is 5.23. The Labute approximate surface area is 61.4 Å². The third kappa shape index (κ3) is 1.50. The van der Waals surface area contributed by atoms with Gasteiger partial charge in [0.15, 0.2) is 0 Å². The van der Waals surface area contributed by atoms with Crippen molar-refractivity contribution in [1.29, 1.82) is 0 Å². The zero-order chi connectivity index (χ0) is 7.61. The van der Waals surface area contributed by atoms with E-state index in [1.807, 2.05) is 0 Å². The summed E-state index contributed by atoms with van der Waals surface area (Å²) in [6.45, 7) is 3.36. The van der Waals surface area contributed by atoms with Crippen LogP contribution in [0, 0.1) is 0 Å². The topological polar surface area (TPSA) is 37.3 Å². The Balaban J connectivity index is 2.62. The van der Waals surface area contributed by atoms with Gasteiger partial charge in [0.1, 0.15) is 0 Å². The molecule has 0 aliphatic heterocycles. The molecule has 0 heterocycles. The van der Waals surface area contributed by atoms with Crippen molar-refractivity contribution in [2.45, 2.75) is 31.3 Å². The molecule has 1 fully saturated rings. The van der Waals surface area contributed by atoms with Crippen molar-refractivity contribution in [2.24, 2.45) is 0 Å². The van der Waals surface area contributed by atoms with E-state index in [4.69, 9.17) is 0 Å². The van der Waals surface area contributed by atoms with Gasteiger partial charge in [0.05, 0.1) is 0 Å². The molecule has 0 aromatic carbocycles. The predicted octanol–water partition coefficient (Wildman–Crippen LogP) is 2.34. The molecule has 2 nitrogen and oxygen atoms in total. The highest BCUT2D eigenvalue weighted by Gasteiger charge is 2.29. The lowest BCUT2D eigenvalue weighted by atomic mass is 10.4. The van der Waals surface area contributed by atoms with Crippen molar-refractivity contribution in [3.8, 4) is 0 Å². The molecule has 1 rings (SSSR count). The van der Waals surface area contributed by atoms with Gasteiger partial charge in [-0.15, -0.1) is 0 Å². The van der Waals surface area contributed by atoms with Crippen LogP contribution in [-0.2, 0) is 4.57 Å². The van der Waals surface area contributed by atoms with Crippen LogP contribution in [0.3, 0.4) is 0 Å². The van der Waals surface area contributed by atoms with E-state index in [0.717, 1.165) is 25.7 Å². The predicted molar refractivity (Wildman–Crippen MR) is 42.3 cm³/mol. The van der Waals surface area contributed by atoms with E-state index in [1.165, 1.54) is 5.82 Å². The Morgan fingerprint density at radius 2 is 2.00 bits per heavy atom. The maximum absolute atomic E-state index is 11.2. The molecular weight excluding hydrogens is 147 g/mol. The fourth-order valence-electron chi connectivity index (χ4n) is 1.42. The third-order valence-electron chi connectivity index (χ3n) is 2.11. The fraction of sp³-hybridized carbons (Fsp3) is 0.714. The van der Waals surface area contributed by atoms with Crippen LogP contribution in [0.25, 0.3) is 0 Å². The molecular formula is C7H13O2P. The Hall–Kier alpha value is -0.0700. The zero-order valence-corrected chi connectivity index (χ0v) is 6.89. The summed E-state index contributed by atoms with van der Waals surface area (Å²) in [6.07, 6.45) is 4.01. The van der Waals surface area contributed by atoms with Gasteiger partial charge in [0.2, 0.25) is 7.37 Å². The molecule has 0 bridgehead atoms. The largest absolute Gasteiger partial charge is 0.341 e. The molecule has 1 atom stereocenters. The van der Waals surface area contributed by atoms with Crippen molar-refractivity contribution in [1.82, 2.24) is 0 Å². The van der Waals surface area contributed by atoms with Crippen LogP contribution < -0.4 is 0 Å². The van der Waals surface area contributed by atoms with Crippen molar-refractivity contribution in [3.05, 3.63) is 12.4 Å². The summed E-state index contributed by atoms with van der Waals surface area (Å²) >= 11 is 0. The first-order chi connectivity index (χ1) is 4.67. The Kier molecular flexibility index (Phi) is 2.32. The van der Waals surface area contributed by atoms with Crippen LogP contribution in [0.4, 0.5) is 0 Å². The van der Waals surface area contributed by atoms with Crippen molar-refractivity contribution < 1.29 is 9.46 Å². The molecule has 0 saturated heterocycles. The molecule has 0 aromatic heterocycles. The molecule has 0 aromatic rings. The van der Waals surface area contributed by atoms with Crippen LogP contribution in [-0.4, -0.2) is 10.6 Å². The average molecular weight is 160 g/mol. The van der Waals surface area contributed by atoms with Gasteiger partial charge in [-0.25, -0.2) is 0 Å². The quantitative estimate of drug-likeness (QED) is 0.629. The molecule has 1 aliphatic carbocycles. The second kappa shape index (κ2) is 2.89. The van der Waals surface area contributed by atoms with Gasteiger partial charge in [-0.2, -0.15) is 0 Å². The fourth-order valence-corrected chi connectivity index (χ4v) is 2.83. The number of hydrogen-bond acceptors (Lipinski definition) is 1. The van der Waals surface area contributed by atoms with Crippen LogP contribution in [0.15, 0.2) is 12.4 Å². The zero-order valence-electron chi connectivity index (χ0n) is 5.99. The highest BCUT2D eigenvalue weighted by atomic mass is 31.2. The highest BCUT2D eigenvalue weighted by Crippen LogP contribution is 2.53. The van der Waals surface area contributed by atoms with Gasteiger partial charge < -0.3 is 4.89 Å². The van der Waals surface area contributed by atoms with Gasteiger partial charge in [0, 0.05) is 5.66 Å². The van der Waals surface area contributed by atoms with Crippen LogP contribution in [0.2, 0.25) is 0 Å². The first-order valence-corrected chi connectivity index (χ1v) is 5.42. The van der Waals surface area contributed by atoms with E-state index in [-0.39, 0.29) is 5.66 Å². The number of hydrogen-bond donors (Lipinski definition) is 1. The minimum absolute atomic E-state index is 0.0185. The minimum Gasteiger partial charge on any atom is -0.341 e. The summed E-state index contributed by atoms with van der Waals surface area (Å²) in [6, 6.07) is 0. The molecule has 1 N–H and O–H groups in total. The molecule has 0 spiro atoms. The Morgan fingerprint density at radius 3 is 2.40 bits per heavy atom. The number of rotatable bonds is 2. The van der Waals surface area contributed by atoms with Crippen molar-refractivity contribution in [3.63, 3.8) is 0 Å². The van der Waals surface area contributed by atoms with Crippen LogP contribution in [0.5, 0.6) is 0 Å². The van der Waals surface area contributed by atoms with Gasteiger partial charge in [-0.05, 0) is 18.7 Å². The summed E-state index contributed by atoms with van der Waals surface area (Å²) in [5.41, 5.74) is 0.0185. The van der Waals surface area contributed by atoms with E-state index >= 15 is 0 Å². The van der Waals surface area contributed by atoms with E-state index in [1.54, 1.807) is 0 Å². The molecule has 0 amide bonds. The SMILES string of the molecule is C=CP(=O)(O)C1CCCC1. The van der Waals surface area contributed by atoms with Gasteiger partial charge in [-0.1, -0.05) is 19.4 Å². The molecule has 10 heavy (non-hydrogen) atoms. The van der Waals surface area contributed by atoms with E-state index in [2.05, 4.69) is 6.58 Å². The molecule has 3 heteroatoms. The molecule has 1 saturated carbocycles. The summed E-state index contributed by atoms with van der Waals surface area (Å²) in [4.78, 5) is 9.26. The lowest BCUT2D eigenvalue weighted by Crippen LogP contribution is -1.99.